The second-order valence-corrected chi connectivity index (χ2v) is 5.55. The number of ether oxygens (including phenoxy) is 1. The van der Waals surface area contributed by atoms with Crippen molar-refractivity contribution in [3.8, 4) is 11.5 Å². The lowest BCUT2D eigenvalue weighted by Gasteiger charge is -2.13. The Hall–Kier alpha value is -1.74. The molecule has 0 saturated heterocycles. The van der Waals surface area contributed by atoms with Crippen LogP contribution in [-0.2, 0) is 6.18 Å². The van der Waals surface area contributed by atoms with Crippen molar-refractivity contribution in [2.45, 2.75) is 6.18 Å². The third-order valence-electron chi connectivity index (χ3n) is 2.74. The number of benzene rings is 2. The van der Waals surface area contributed by atoms with Crippen LogP contribution in [0.5, 0.6) is 11.5 Å². The maximum Gasteiger partial charge on any atom is 0.417 e. The quantitative estimate of drug-likeness (QED) is 0.434. The monoisotopic (exact) mass is 420 g/mol. The summed E-state index contributed by atoms with van der Waals surface area (Å²) in [5.41, 5.74) is 1.39. The van der Waals surface area contributed by atoms with Crippen molar-refractivity contribution in [2.24, 2.45) is 5.84 Å². The molecule has 0 amide bonds. The van der Waals surface area contributed by atoms with Crippen molar-refractivity contribution in [2.75, 3.05) is 0 Å². The van der Waals surface area contributed by atoms with Crippen LogP contribution in [0, 0.1) is 3.57 Å². The Morgan fingerprint density at radius 1 is 1.05 bits per heavy atom. The van der Waals surface area contributed by atoms with E-state index in [1.54, 1.807) is 12.1 Å². The van der Waals surface area contributed by atoms with Gasteiger partial charge < -0.3 is 10.2 Å². The summed E-state index contributed by atoms with van der Waals surface area (Å²) in [4.78, 5) is 0. The molecule has 2 aromatic carbocycles. The molecule has 0 radical (unpaired) electrons. The maximum absolute atomic E-state index is 13.1. The lowest BCUT2D eigenvalue weighted by atomic mass is 10.1. The summed E-state index contributed by atoms with van der Waals surface area (Å²) in [5, 5.41) is 0. The van der Waals surface area contributed by atoms with Gasteiger partial charge in [-0.25, -0.2) is 0 Å². The van der Waals surface area contributed by atoms with Crippen molar-refractivity contribution >= 4 is 28.7 Å². The predicted octanol–water partition coefficient (Wildman–Crippen LogP) is 4.54. The van der Waals surface area contributed by atoms with E-state index in [2.05, 4.69) is 28.0 Å². The largest absolute Gasteiger partial charge is 0.457 e. The molecule has 116 valence electrons. The molecule has 0 aliphatic carbocycles. The third kappa shape index (κ3) is 4.38. The molecule has 2 rings (SSSR count). The molecule has 3 N–H and O–H groups in total. The van der Waals surface area contributed by atoms with Gasteiger partial charge in [-0.3, -0.25) is 5.84 Å². The molecular weight excluding hydrogens is 408 g/mol. The summed E-state index contributed by atoms with van der Waals surface area (Å²) >= 11 is 2.13. The SMILES string of the molecule is NN/C=C/c1ccc(Oc2ccc(I)cc2)cc1C(F)(F)F. The molecule has 3 nitrogen and oxygen atoms in total. The van der Waals surface area contributed by atoms with Crippen molar-refractivity contribution < 1.29 is 17.9 Å². The number of rotatable bonds is 4. The molecule has 0 aliphatic rings. The van der Waals surface area contributed by atoms with Gasteiger partial charge in [0.25, 0.3) is 0 Å². The average Bonchev–Trinajstić information content (AvgIpc) is 2.47. The van der Waals surface area contributed by atoms with E-state index in [4.69, 9.17) is 10.6 Å². The summed E-state index contributed by atoms with van der Waals surface area (Å²) < 4.78 is 45.8. The van der Waals surface area contributed by atoms with Crippen LogP contribution in [0.1, 0.15) is 11.1 Å². The zero-order valence-corrected chi connectivity index (χ0v) is 13.4. The number of hydrazine groups is 1. The van der Waals surface area contributed by atoms with E-state index in [-0.39, 0.29) is 11.3 Å². The van der Waals surface area contributed by atoms with Crippen LogP contribution in [-0.4, -0.2) is 0 Å². The normalized spacial score (nSPS) is 11.7. The Morgan fingerprint density at radius 2 is 1.68 bits per heavy atom. The Bertz CT molecular complexity index is 669. The van der Waals surface area contributed by atoms with E-state index in [9.17, 15) is 13.2 Å². The first-order valence-corrected chi connectivity index (χ1v) is 7.25. The van der Waals surface area contributed by atoms with Gasteiger partial charge in [0.2, 0.25) is 0 Å². The van der Waals surface area contributed by atoms with Crippen LogP contribution in [0.4, 0.5) is 13.2 Å². The second-order valence-electron chi connectivity index (χ2n) is 4.30. The van der Waals surface area contributed by atoms with Gasteiger partial charge in [-0.1, -0.05) is 6.07 Å². The molecule has 2 aromatic rings. The molecule has 0 bridgehead atoms. The van der Waals surface area contributed by atoms with Crippen LogP contribution in [0.3, 0.4) is 0 Å². The number of hydrogen-bond donors (Lipinski definition) is 2. The first-order valence-electron chi connectivity index (χ1n) is 6.17. The van der Waals surface area contributed by atoms with Gasteiger partial charge >= 0.3 is 6.18 Å². The number of hydrogen-bond acceptors (Lipinski definition) is 3. The van der Waals surface area contributed by atoms with E-state index in [0.717, 1.165) is 9.64 Å². The Balaban J connectivity index is 2.34. The highest BCUT2D eigenvalue weighted by atomic mass is 127. The maximum atomic E-state index is 13.1. The molecule has 0 aromatic heterocycles. The molecular formula is C15H12F3IN2O. The molecule has 0 saturated carbocycles. The van der Waals surface area contributed by atoms with Gasteiger partial charge in [0.15, 0.2) is 0 Å². The molecule has 0 fully saturated rings. The van der Waals surface area contributed by atoms with Crippen LogP contribution in [0.2, 0.25) is 0 Å². The summed E-state index contributed by atoms with van der Waals surface area (Å²) in [7, 11) is 0. The Morgan fingerprint density at radius 3 is 2.27 bits per heavy atom. The van der Waals surface area contributed by atoms with E-state index in [1.807, 2.05) is 12.1 Å². The predicted molar refractivity (Wildman–Crippen MR) is 87.0 cm³/mol. The first kappa shape index (κ1) is 16.6. The zero-order valence-electron chi connectivity index (χ0n) is 11.2. The van der Waals surface area contributed by atoms with Crippen molar-refractivity contribution in [1.82, 2.24) is 5.43 Å². The fourth-order valence-corrected chi connectivity index (χ4v) is 2.13. The molecule has 22 heavy (non-hydrogen) atoms. The summed E-state index contributed by atoms with van der Waals surface area (Å²) in [5.74, 6) is 5.63. The van der Waals surface area contributed by atoms with Gasteiger partial charge in [0.05, 0.1) is 5.56 Å². The Labute approximate surface area is 139 Å². The smallest absolute Gasteiger partial charge is 0.417 e. The standard InChI is InChI=1S/C15H12F3IN2O/c16-15(17,18)14-9-13(4-1-10(14)7-8-21-20)22-12-5-2-11(19)3-6-12/h1-9,21H,20H2/b8-7+. The summed E-state index contributed by atoms with van der Waals surface area (Å²) in [6, 6.07) is 10.8. The van der Waals surface area contributed by atoms with Crippen LogP contribution < -0.4 is 16.0 Å². The number of halogens is 4. The molecule has 0 aliphatic heterocycles. The lowest BCUT2D eigenvalue weighted by Crippen LogP contribution is -2.13. The van der Waals surface area contributed by atoms with Gasteiger partial charge in [-0.15, -0.1) is 0 Å². The lowest BCUT2D eigenvalue weighted by molar-refractivity contribution is -0.137. The van der Waals surface area contributed by atoms with Crippen LogP contribution in [0.15, 0.2) is 48.7 Å². The molecule has 0 heterocycles. The molecule has 0 unspecified atom stereocenters. The second kappa shape index (κ2) is 7.01. The number of alkyl halides is 3. The van der Waals surface area contributed by atoms with Gasteiger partial charge in [0, 0.05) is 9.77 Å². The van der Waals surface area contributed by atoms with E-state index in [0.29, 0.717) is 5.75 Å². The molecule has 7 heteroatoms. The van der Waals surface area contributed by atoms with Crippen molar-refractivity contribution in [1.29, 1.82) is 0 Å². The Kier molecular flexibility index (Phi) is 5.30. The highest BCUT2D eigenvalue weighted by Gasteiger charge is 2.33. The highest BCUT2D eigenvalue weighted by Crippen LogP contribution is 2.36. The highest BCUT2D eigenvalue weighted by molar-refractivity contribution is 14.1. The summed E-state index contributed by atoms with van der Waals surface area (Å²) in [6.07, 6.45) is -2.01. The minimum Gasteiger partial charge on any atom is -0.457 e. The zero-order chi connectivity index (χ0) is 16.2. The first-order chi connectivity index (χ1) is 10.4. The van der Waals surface area contributed by atoms with E-state index < -0.39 is 11.7 Å². The number of nitrogens with one attached hydrogen (secondary N) is 1. The van der Waals surface area contributed by atoms with Crippen LogP contribution >= 0.6 is 22.6 Å². The fourth-order valence-electron chi connectivity index (χ4n) is 1.77. The minimum absolute atomic E-state index is 0.000380. The fraction of sp³-hybridized carbons (Fsp3) is 0.0667. The minimum atomic E-state index is -4.49. The van der Waals surface area contributed by atoms with Crippen molar-refractivity contribution in [3.05, 3.63) is 63.4 Å². The van der Waals surface area contributed by atoms with Gasteiger partial charge in [-0.2, -0.15) is 13.2 Å². The van der Waals surface area contributed by atoms with Crippen molar-refractivity contribution in [3.63, 3.8) is 0 Å². The van der Waals surface area contributed by atoms with E-state index in [1.165, 1.54) is 24.4 Å². The third-order valence-corrected chi connectivity index (χ3v) is 3.46. The molecule has 0 spiro atoms. The summed E-state index contributed by atoms with van der Waals surface area (Å²) in [6.45, 7) is 0. The number of nitrogens with two attached hydrogens (primary N) is 1. The molecule has 0 atom stereocenters. The van der Waals surface area contributed by atoms with Gasteiger partial charge in [0.1, 0.15) is 11.5 Å². The average molecular weight is 420 g/mol. The van der Waals surface area contributed by atoms with E-state index >= 15 is 0 Å². The van der Waals surface area contributed by atoms with Crippen LogP contribution in [0.25, 0.3) is 6.08 Å². The van der Waals surface area contributed by atoms with Gasteiger partial charge in [-0.05, 0) is 70.6 Å². The topological polar surface area (TPSA) is 47.3 Å².